The number of hydrogen-bond acceptors (Lipinski definition) is 4. The smallest absolute Gasteiger partial charge is 0.244 e. The summed E-state index contributed by atoms with van der Waals surface area (Å²) < 4.78 is 13.8. The standard InChI is InChI=1S/C37H26FN3O3/c38-24-16-18-25(19-17-24)41-35(43)33-32-27-12-3-5-14-29(27)37(34(33)36(41)44,30-15-6-4-13-28(30)32)21-39-40-31(42)20-23-10-7-9-22-8-1-2-11-26(22)23/h1-19,21,32-34H,20H2,(H,40,42)/b39-21-/t32?,33-,34+,37?/m1/s1. The van der Waals surface area contributed by atoms with E-state index in [1.807, 2.05) is 91.0 Å². The molecule has 0 spiro atoms. The summed E-state index contributed by atoms with van der Waals surface area (Å²) in [5.41, 5.74) is 6.52. The van der Waals surface area contributed by atoms with Crippen LogP contribution in [0.4, 0.5) is 10.1 Å². The van der Waals surface area contributed by atoms with Gasteiger partial charge in [0.1, 0.15) is 5.82 Å². The number of carbonyl (C=O) groups excluding carboxylic acids is 3. The number of nitrogens with one attached hydrogen (secondary N) is 1. The van der Waals surface area contributed by atoms with Crippen molar-refractivity contribution in [2.24, 2.45) is 16.9 Å². The van der Waals surface area contributed by atoms with Gasteiger partial charge in [0.05, 0.1) is 29.4 Å². The molecule has 0 unspecified atom stereocenters. The molecule has 6 nitrogen and oxygen atoms in total. The number of carbonyl (C=O) groups is 3. The zero-order valence-corrected chi connectivity index (χ0v) is 23.5. The molecule has 214 valence electrons. The number of rotatable bonds is 5. The molecular formula is C37H26FN3O3. The van der Waals surface area contributed by atoms with Crippen LogP contribution in [0.25, 0.3) is 10.8 Å². The Labute approximate surface area is 252 Å². The highest BCUT2D eigenvalue weighted by Gasteiger charge is 2.68. The summed E-state index contributed by atoms with van der Waals surface area (Å²) >= 11 is 0. The van der Waals surface area contributed by atoms with Crippen LogP contribution in [0.1, 0.15) is 33.7 Å². The van der Waals surface area contributed by atoms with Crippen LogP contribution in [0.2, 0.25) is 0 Å². The number of halogens is 1. The minimum absolute atomic E-state index is 0.128. The van der Waals surface area contributed by atoms with Crippen LogP contribution in [0.15, 0.2) is 120 Å². The van der Waals surface area contributed by atoms with Crippen LogP contribution in [-0.2, 0) is 26.2 Å². The first-order valence-electron chi connectivity index (χ1n) is 14.6. The number of nitrogens with zero attached hydrogens (tertiary/aromatic N) is 2. The van der Waals surface area contributed by atoms with Crippen LogP contribution in [0.3, 0.4) is 0 Å². The summed E-state index contributed by atoms with van der Waals surface area (Å²) in [5, 5.41) is 6.56. The van der Waals surface area contributed by atoms with Gasteiger partial charge in [-0.25, -0.2) is 14.7 Å². The van der Waals surface area contributed by atoms with Gasteiger partial charge in [-0.1, -0.05) is 91.0 Å². The zero-order valence-electron chi connectivity index (χ0n) is 23.5. The largest absolute Gasteiger partial charge is 0.274 e. The van der Waals surface area contributed by atoms with Crippen molar-refractivity contribution in [3.63, 3.8) is 0 Å². The van der Waals surface area contributed by atoms with Crippen molar-refractivity contribution in [3.8, 4) is 0 Å². The predicted molar refractivity (Wildman–Crippen MR) is 166 cm³/mol. The number of amides is 3. The van der Waals surface area contributed by atoms with E-state index in [4.69, 9.17) is 0 Å². The van der Waals surface area contributed by atoms with Crippen molar-refractivity contribution in [2.75, 3.05) is 4.90 Å². The van der Waals surface area contributed by atoms with Gasteiger partial charge in [0.15, 0.2) is 0 Å². The summed E-state index contributed by atoms with van der Waals surface area (Å²) in [6.07, 6.45) is 1.78. The SMILES string of the molecule is O=C(Cc1cccc2ccccc12)N/N=C\C12c3ccccc3C(c3ccccc31)[C@H]1C(=O)N(c3ccc(F)cc3)C(=O)[C@H]12. The summed E-state index contributed by atoms with van der Waals surface area (Å²) in [6.45, 7) is 0. The molecule has 1 heterocycles. The van der Waals surface area contributed by atoms with Gasteiger partial charge in [-0.2, -0.15) is 5.10 Å². The highest BCUT2D eigenvalue weighted by molar-refractivity contribution is 6.25. The number of hydrazone groups is 1. The highest BCUT2D eigenvalue weighted by atomic mass is 19.1. The number of benzene rings is 5. The zero-order chi connectivity index (χ0) is 30.0. The quantitative estimate of drug-likeness (QED) is 0.161. The van der Waals surface area contributed by atoms with E-state index in [0.29, 0.717) is 5.69 Å². The van der Waals surface area contributed by atoms with Crippen molar-refractivity contribution < 1.29 is 18.8 Å². The maximum Gasteiger partial charge on any atom is 0.244 e. The summed E-state index contributed by atoms with van der Waals surface area (Å²) in [7, 11) is 0. The van der Waals surface area contributed by atoms with Gasteiger partial charge in [0, 0.05) is 12.1 Å². The van der Waals surface area contributed by atoms with Gasteiger partial charge < -0.3 is 0 Å². The number of imide groups is 1. The van der Waals surface area contributed by atoms with Gasteiger partial charge in [-0.05, 0) is 62.9 Å². The maximum absolute atomic E-state index is 14.4. The van der Waals surface area contributed by atoms with Crippen molar-refractivity contribution in [1.29, 1.82) is 0 Å². The van der Waals surface area contributed by atoms with Gasteiger partial charge in [0.25, 0.3) is 0 Å². The van der Waals surface area contributed by atoms with E-state index in [9.17, 15) is 18.8 Å². The maximum atomic E-state index is 14.4. The topological polar surface area (TPSA) is 78.8 Å². The fourth-order valence-electron chi connectivity index (χ4n) is 7.76. The van der Waals surface area contributed by atoms with Gasteiger partial charge in [0.2, 0.25) is 17.7 Å². The predicted octanol–water partition coefficient (Wildman–Crippen LogP) is 5.87. The third-order valence-corrected chi connectivity index (χ3v) is 9.46. The summed E-state index contributed by atoms with van der Waals surface area (Å²) in [6, 6.07) is 34.9. The molecule has 9 rings (SSSR count). The van der Waals surface area contributed by atoms with Crippen molar-refractivity contribution in [1.82, 2.24) is 5.43 Å². The Hall–Kier alpha value is -5.43. The molecule has 1 fully saturated rings. The van der Waals surface area contributed by atoms with Crippen LogP contribution < -0.4 is 10.3 Å². The molecule has 44 heavy (non-hydrogen) atoms. The molecule has 0 radical (unpaired) electrons. The third-order valence-electron chi connectivity index (χ3n) is 9.46. The van der Waals surface area contributed by atoms with E-state index in [0.717, 1.165) is 38.6 Å². The molecule has 2 atom stereocenters. The molecule has 1 aliphatic heterocycles. The second kappa shape index (κ2) is 9.81. The Morgan fingerprint density at radius 3 is 2.16 bits per heavy atom. The lowest BCUT2D eigenvalue weighted by atomic mass is 9.47. The molecule has 3 amide bonds. The molecule has 0 aromatic heterocycles. The van der Waals surface area contributed by atoms with E-state index < -0.39 is 23.1 Å². The second-order valence-corrected chi connectivity index (χ2v) is 11.6. The van der Waals surface area contributed by atoms with Gasteiger partial charge in [-0.15, -0.1) is 0 Å². The Balaban J connectivity index is 1.22. The lowest BCUT2D eigenvalue weighted by Gasteiger charge is -2.52. The monoisotopic (exact) mass is 579 g/mol. The molecule has 1 saturated heterocycles. The average molecular weight is 580 g/mol. The van der Waals surface area contributed by atoms with Crippen LogP contribution in [-0.4, -0.2) is 23.9 Å². The summed E-state index contributed by atoms with van der Waals surface area (Å²) in [5.74, 6) is -3.24. The Bertz CT molecular complexity index is 1980. The van der Waals surface area contributed by atoms with E-state index in [1.165, 1.54) is 29.2 Å². The molecule has 4 aliphatic rings. The van der Waals surface area contributed by atoms with Crippen molar-refractivity contribution in [2.45, 2.75) is 17.8 Å². The third kappa shape index (κ3) is 3.65. The number of fused-ring (bicyclic) bond motifs is 1. The van der Waals surface area contributed by atoms with E-state index in [2.05, 4.69) is 10.5 Å². The van der Waals surface area contributed by atoms with Crippen LogP contribution >= 0.6 is 0 Å². The Morgan fingerprint density at radius 1 is 0.795 bits per heavy atom. The minimum Gasteiger partial charge on any atom is -0.274 e. The van der Waals surface area contributed by atoms with Crippen molar-refractivity contribution in [3.05, 3.63) is 149 Å². The second-order valence-electron chi connectivity index (χ2n) is 11.6. The lowest BCUT2D eigenvalue weighted by Crippen LogP contribution is -2.54. The van der Waals surface area contributed by atoms with E-state index >= 15 is 0 Å². The first-order valence-corrected chi connectivity index (χ1v) is 14.6. The Kier molecular flexibility index (Phi) is 5.84. The van der Waals surface area contributed by atoms with E-state index in [-0.39, 0.29) is 30.1 Å². The Morgan fingerprint density at radius 2 is 1.43 bits per heavy atom. The van der Waals surface area contributed by atoms with Gasteiger partial charge in [-0.3, -0.25) is 14.4 Å². The molecule has 5 aromatic rings. The average Bonchev–Trinajstić information content (AvgIpc) is 3.32. The molecule has 1 N–H and O–H groups in total. The highest BCUT2D eigenvalue weighted by Crippen LogP contribution is 2.63. The molecule has 7 heteroatoms. The molecule has 3 aliphatic carbocycles. The molecular weight excluding hydrogens is 553 g/mol. The van der Waals surface area contributed by atoms with Crippen LogP contribution in [0, 0.1) is 17.7 Å². The first kappa shape index (κ1) is 26.2. The first-order chi connectivity index (χ1) is 21.5. The number of anilines is 1. The fourth-order valence-corrected chi connectivity index (χ4v) is 7.76. The lowest BCUT2D eigenvalue weighted by molar-refractivity contribution is -0.123. The molecule has 2 bridgehead atoms. The van der Waals surface area contributed by atoms with E-state index in [1.54, 1.807) is 6.21 Å². The summed E-state index contributed by atoms with van der Waals surface area (Å²) in [4.78, 5) is 43.0. The van der Waals surface area contributed by atoms with Crippen LogP contribution in [0.5, 0.6) is 0 Å². The molecule has 5 aromatic carbocycles. The van der Waals surface area contributed by atoms with Gasteiger partial charge >= 0.3 is 0 Å². The number of hydrogen-bond donors (Lipinski definition) is 1. The minimum atomic E-state index is -1.11. The molecule has 0 saturated carbocycles. The normalized spacial score (nSPS) is 23.1. The van der Waals surface area contributed by atoms with Crippen molar-refractivity contribution >= 4 is 40.4 Å². The fraction of sp³-hybridized carbons (Fsp3) is 0.135.